The number of aromatic nitrogens is 4. The quantitative estimate of drug-likeness (QED) is 0.507. The van der Waals surface area contributed by atoms with Crippen molar-refractivity contribution in [2.45, 2.75) is 18.9 Å². The highest BCUT2D eigenvalue weighted by Crippen LogP contribution is 2.43. The SMILES string of the molecule is NC(=O)c1nc(N(c2cnn(-c3cccc(F)c3)c2)C2CC2)sc1-c1ccc[nH]1. The summed E-state index contributed by atoms with van der Waals surface area (Å²) in [5.41, 5.74) is 8.09. The average molecular weight is 408 g/mol. The molecule has 146 valence electrons. The number of aromatic amines is 1. The first-order valence-corrected chi connectivity index (χ1v) is 9.96. The lowest BCUT2D eigenvalue weighted by atomic mass is 10.3. The average Bonchev–Trinajstić information content (AvgIpc) is 3.13. The number of anilines is 2. The maximum absolute atomic E-state index is 13.6. The van der Waals surface area contributed by atoms with E-state index in [9.17, 15) is 9.18 Å². The third kappa shape index (κ3) is 3.29. The summed E-state index contributed by atoms with van der Waals surface area (Å²) in [5, 5.41) is 5.07. The fourth-order valence-electron chi connectivity index (χ4n) is 3.24. The third-order valence-corrected chi connectivity index (χ3v) is 5.82. The molecule has 1 aliphatic carbocycles. The van der Waals surface area contributed by atoms with E-state index in [-0.39, 0.29) is 17.6 Å². The number of primary amides is 1. The van der Waals surface area contributed by atoms with Crippen LogP contribution >= 0.6 is 11.3 Å². The number of halogens is 1. The predicted octanol–water partition coefficient (Wildman–Crippen LogP) is 3.86. The van der Waals surface area contributed by atoms with Gasteiger partial charge in [0.25, 0.3) is 5.91 Å². The second kappa shape index (κ2) is 6.85. The summed E-state index contributed by atoms with van der Waals surface area (Å²) >= 11 is 1.41. The second-order valence-electron chi connectivity index (χ2n) is 6.85. The van der Waals surface area contributed by atoms with Crippen LogP contribution in [0.2, 0.25) is 0 Å². The van der Waals surface area contributed by atoms with E-state index in [0.29, 0.717) is 15.7 Å². The number of carbonyl (C=O) groups is 1. The summed E-state index contributed by atoms with van der Waals surface area (Å²) in [6.45, 7) is 0. The number of nitrogens with two attached hydrogens (primary N) is 1. The van der Waals surface area contributed by atoms with Crippen molar-refractivity contribution in [3.63, 3.8) is 0 Å². The number of rotatable bonds is 6. The van der Waals surface area contributed by atoms with E-state index in [0.717, 1.165) is 24.2 Å². The van der Waals surface area contributed by atoms with Crippen LogP contribution in [0.3, 0.4) is 0 Å². The van der Waals surface area contributed by atoms with Crippen LogP contribution in [0.5, 0.6) is 0 Å². The van der Waals surface area contributed by atoms with E-state index in [1.165, 1.54) is 23.5 Å². The molecular formula is C20H17FN6OS. The van der Waals surface area contributed by atoms with E-state index in [4.69, 9.17) is 5.73 Å². The van der Waals surface area contributed by atoms with Crippen LogP contribution in [0.15, 0.2) is 55.0 Å². The van der Waals surface area contributed by atoms with Gasteiger partial charge in [0.2, 0.25) is 0 Å². The zero-order valence-corrected chi connectivity index (χ0v) is 16.1. The van der Waals surface area contributed by atoms with Gasteiger partial charge in [0.15, 0.2) is 10.8 Å². The number of carbonyl (C=O) groups excluding carboxylic acids is 1. The Bertz CT molecular complexity index is 1180. The third-order valence-electron chi connectivity index (χ3n) is 4.73. The molecule has 9 heteroatoms. The van der Waals surface area contributed by atoms with Gasteiger partial charge in [-0.1, -0.05) is 17.4 Å². The van der Waals surface area contributed by atoms with Gasteiger partial charge >= 0.3 is 0 Å². The maximum atomic E-state index is 13.6. The van der Waals surface area contributed by atoms with Crippen LogP contribution in [0.4, 0.5) is 15.2 Å². The number of amides is 1. The maximum Gasteiger partial charge on any atom is 0.268 e. The Hall–Kier alpha value is -3.46. The van der Waals surface area contributed by atoms with E-state index >= 15 is 0 Å². The summed E-state index contributed by atoms with van der Waals surface area (Å²) in [6.07, 6.45) is 7.40. The van der Waals surface area contributed by atoms with Crippen LogP contribution in [0.25, 0.3) is 16.3 Å². The molecule has 7 nitrogen and oxygen atoms in total. The molecule has 0 aliphatic heterocycles. The highest BCUT2D eigenvalue weighted by Gasteiger charge is 2.34. The number of nitrogens with one attached hydrogen (secondary N) is 1. The van der Waals surface area contributed by atoms with Crippen LogP contribution in [-0.4, -0.2) is 31.7 Å². The van der Waals surface area contributed by atoms with Crippen LogP contribution in [0.1, 0.15) is 23.3 Å². The summed E-state index contributed by atoms with van der Waals surface area (Å²) in [4.78, 5) is 22.4. The van der Waals surface area contributed by atoms with Crippen LogP contribution < -0.4 is 10.6 Å². The van der Waals surface area contributed by atoms with Gasteiger partial charge in [0.1, 0.15) is 5.82 Å². The van der Waals surface area contributed by atoms with Crippen LogP contribution in [-0.2, 0) is 0 Å². The lowest BCUT2D eigenvalue weighted by Gasteiger charge is -2.19. The first-order chi connectivity index (χ1) is 14.1. The number of thiazole rings is 1. The van der Waals surface area contributed by atoms with E-state index in [2.05, 4.69) is 20.0 Å². The monoisotopic (exact) mass is 408 g/mol. The molecule has 0 unspecified atom stereocenters. The Morgan fingerprint density at radius 3 is 2.86 bits per heavy atom. The van der Waals surface area contributed by atoms with Crippen molar-refractivity contribution in [2.24, 2.45) is 5.73 Å². The van der Waals surface area contributed by atoms with Gasteiger partial charge in [0, 0.05) is 12.2 Å². The molecule has 3 N–H and O–H groups in total. The molecule has 1 saturated carbocycles. The molecule has 0 bridgehead atoms. The highest BCUT2D eigenvalue weighted by molar-refractivity contribution is 7.19. The first-order valence-electron chi connectivity index (χ1n) is 9.14. The summed E-state index contributed by atoms with van der Waals surface area (Å²) in [6, 6.07) is 10.3. The molecule has 0 saturated heterocycles. The zero-order valence-electron chi connectivity index (χ0n) is 15.2. The number of nitrogens with zero attached hydrogens (tertiary/aromatic N) is 4. The summed E-state index contributed by atoms with van der Waals surface area (Å²) in [5.74, 6) is -0.886. The molecule has 1 aromatic carbocycles. The standard InChI is InChI=1S/C20H17FN6OS/c21-12-3-1-4-14(9-12)26-11-15(10-24-26)27(13-6-7-13)20-25-17(19(22)28)18(29-20)16-5-2-8-23-16/h1-5,8-11,13,23H,6-7H2,(H2,22,28). The molecular weight excluding hydrogens is 391 g/mol. The molecule has 0 spiro atoms. The molecule has 1 fully saturated rings. The van der Waals surface area contributed by atoms with E-state index in [1.54, 1.807) is 29.2 Å². The van der Waals surface area contributed by atoms with Gasteiger partial charge < -0.3 is 15.6 Å². The van der Waals surface area contributed by atoms with Crippen molar-refractivity contribution >= 4 is 28.1 Å². The zero-order chi connectivity index (χ0) is 20.0. The van der Waals surface area contributed by atoms with Gasteiger partial charge in [-0.25, -0.2) is 14.1 Å². The molecule has 1 amide bonds. The van der Waals surface area contributed by atoms with Gasteiger partial charge in [-0.15, -0.1) is 0 Å². The second-order valence-corrected chi connectivity index (χ2v) is 7.82. The van der Waals surface area contributed by atoms with Crippen LogP contribution in [0, 0.1) is 5.82 Å². The number of hydrogen-bond acceptors (Lipinski definition) is 5. The minimum Gasteiger partial charge on any atom is -0.364 e. The van der Waals surface area contributed by atoms with E-state index < -0.39 is 5.91 Å². The van der Waals surface area contributed by atoms with E-state index in [1.807, 2.05) is 18.3 Å². The minimum atomic E-state index is -0.566. The van der Waals surface area contributed by atoms with Gasteiger partial charge in [-0.05, 0) is 43.2 Å². The molecule has 0 radical (unpaired) electrons. The largest absolute Gasteiger partial charge is 0.364 e. The highest BCUT2D eigenvalue weighted by atomic mass is 32.1. The topological polar surface area (TPSA) is 92.8 Å². The minimum absolute atomic E-state index is 0.246. The smallest absolute Gasteiger partial charge is 0.268 e. The number of benzene rings is 1. The van der Waals surface area contributed by atoms with Gasteiger partial charge in [-0.2, -0.15) is 5.10 Å². The molecule has 29 heavy (non-hydrogen) atoms. The van der Waals surface area contributed by atoms with Crippen molar-refractivity contribution in [3.8, 4) is 16.3 Å². The van der Waals surface area contributed by atoms with Crippen molar-refractivity contribution in [1.82, 2.24) is 19.7 Å². The van der Waals surface area contributed by atoms with Crippen molar-refractivity contribution in [2.75, 3.05) is 4.90 Å². The van der Waals surface area contributed by atoms with Crippen molar-refractivity contribution in [1.29, 1.82) is 0 Å². The van der Waals surface area contributed by atoms with Crippen molar-refractivity contribution in [3.05, 3.63) is 66.5 Å². The normalized spacial score (nSPS) is 13.6. The first kappa shape index (κ1) is 17.6. The Balaban J connectivity index is 1.55. The molecule has 1 aliphatic rings. The molecule has 3 heterocycles. The van der Waals surface area contributed by atoms with Gasteiger partial charge in [0.05, 0.1) is 34.3 Å². The Morgan fingerprint density at radius 1 is 1.31 bits per heavy atom. The lowest BCUT2D eigenvalue weighted by Crippen LogP contribution is -2.19. The Kier molecular flexibility index (Phi) is 4.17. The predicted molar refractivity (Wildman–Crippen MR) is 109 cm³/mol. The summed E-state index contributed by atoms with van der Waals surface area (Å²) in [7, 11) is 0. The molecule has 5 rings (SSSR count). The molecule has 0 atom stereocenters. The Morgan fingerprint density at radius 2 is 2.17 bits per heavy atom. The lowest BCUT2D eigenvalue weighted by molar-refractivity contribution is 0.0997. The Labute approximate surface area is 169 Å². The fraction of sp³-hybridized carbons (Fsp3) is 0.150. The number of hydrogen-bond donors (Lipinski definition) is 2. The van der Waals surface area contributed by atoms with Crippen molar-refractivity contribution < 1.29 is 9.18 Å². The fourth-order valence-corrected chi connectivity index (χ4v) is 4.39. The van der Waals surface area contributed by atoms with Gasteiger partial charge in [-0.3, -0.25) is 4.79 Å². The molecule has 4 aromatic rings. The summed E-state index contributed by atoms with van der Waals surface area (Å²) < 4.78 is 15.2. The number of H-pyrrole nitrogens is 1. The molecule has 3 aromatic heterocycles.